The van der Waals surface area contributed by atoms with E-state index in [1.807, 2.05) is 0 Å². The zero-order chi connectivity index (χ0) is 15.2. The van der Waals surface area contributed by atoms with Crippen molar-refractivity contribution in [2.24, 2.45) is 5.16 Å². The van der Waals surface area contributed by atoms with Gasteiger partial charge in [0.2, 0.25) is 0 Å². The second-order valence-electron chi connectivity index (χ2n) is 3.90. The van der Waals surface area contributed by atoms with Crippen LogP contribution in [0, 0.1) is 0 Å². The molecule has 2 rings (SSSR count). The molecule has 0 bridgehead atoms. The molecule has 0 saturated carbocycles. The molecule has 0 saturated heterocycles. The Balaban J connectivity index is 2.11. The van der Waals surface area contributed by atoms with Gasteiger partial charge in [0.25, 0.3) is 0 Å². The molecular formula is C13H11N3O4S. The number of aromatic nitrogens is 1. The molecular weight excluding hydrogens is 294 g/mol. The van der Waals surface area contributed by atoms with Gasteiger partial charge in [0.1, 0.15) is 12.3 Å². The van der Waals surface area contributed by atoms with Crippen molar-refractivity contribution in [3.05, 3.63) is 46.5 Å². The summed E-state index contributed by atoms with van der Waals surface area (Å²) in [4.78, 5) is 30.9. The van der Waals surface area contributed by atoms with Crippen LogP contribution in [0.3, 0.4) is 0 Å². The summed E-state index contributed by atoms with van der Waals surface area (Å²) in [5, 5.41) is 14.6. The standard InChI is InChI=1S/C13H11N3O4S/c14-13-15-11(7-21-13)10(5-17)16-20-6-8-3-1-2-4-9(8)12(18)19/h1-5,7H,6H2,(H2,14,15)(H,18,19). The summed E-state index contributed by atoms with van der Waals surface area (Å²) < 4.78 is 0. The van der Waals surface area contributed by atoms with Crippen molar-refractivity contribution in [2.75, 3.05) is 5.73 Å². The van der Waals surface area contributed by atoms with E-state index in [1.54, 1.807) is 23.6 Å². The number of hydrogen-bond donors (Lipinski definition) is 2. The number of anilines is 1. The number of aldehydes is 1. The Labute approximate surface area is 123 Å². The van der Waals surface area contributed by atoms with E-state index < -0.39 is 5.97 Å². The maximum atomic E-state index is 11.0. The zero-order valence-electron chi connectivity index (χ0n) is 10.7. The highest BCUT2D eigenvalue weighted by molar-refractivity contribution is 7.13. The number of carbonyl (C=O) groups excluding carboxylic acids is 1. The molecule has 2 aromatic rings. The Kier molecular flexibility index (Phi) is 4.62. The quantitative estimate of drug-likeness (QED) is 0.475. The number of carbonyl (C=O) groups is 2. The van der Waals surface area contributed by atoms with Crippen molar-refractivity contribution in [1.29, 1.82) is 0 Å². The Bertz CT molecular complexity index is 696. The van der Waals surface area contributed by atoms with E-state index in [2.05, 4.69) is 10.1 Å². The fourth-order valence-electron chi connectivity index (χ4n) is 1.56. The van der Waals surface area contributed by atoms with Crippen LogP contribution in [0.1, 0.15) is 21.6 Å². The Morgan fingerprint density at radius 1 is 1.48 bits per heavy atom. The molecule has 0 amide bonds. The summed E-state index contributed by atoms with van der Waals surface area (Å²) in [6.07, 6.45) is 0.498. The van der Waals surface area contributed by atoms with Gasteiger partial charge < -0.3 is 15.7 Å². The number of nitrogens with zero attached hydrogens (tertiary/aromatic N) is 2. The van der Waals surface area contributed by atoms with E-state index in [0.29, 0.717) is 22.7 Å². The van der Waals surface area contributed by atoms with Crippen molar-refractivity contribution in [1.82, 2.24) is 4.98 Å². The van der Waals surface area contributed by atoms with Gasteiger partial charge in [-0.25, -0.2) is 9.78 Å². The summed E-state index contributed by atoms with van der Waals surface area (Å²) in [5.41, 5.74) is 6.37. The van der Waals surface area contributed by atoms with Crippen LogP contribution in [0.4, 0.5) is 5.13 Å². The normalized spacial score (nSPS) is 11.1. The van der Waals surface area contributed by atoms with Crippen LogP contribution in [0.2, 0.25) is 0 Å². The molecule has 108 valence electrons. The van der Waals surface area contributed by atoms with Gasteiger partial charge in [0.15, 0.2) is 17.1 Å². The molecule has 0 aliphatic rings. The van der Waals surface area contributed by atoms with Crippen LogP contribution < -0.4 is 5.73 Å². The van der Waals surface area contributed by atoms with Gasteiger partial charge in [-0.1, -0.05) is 23.4 Å². The Morgan fingerprint density at radius 2 is 2.24 bits per heavy atom. The summed E-state index contributed by atoms with van der Waals surface area (Å²) in [6.45, 7) is -0.0700. The van der Waals surface area contributed by atoms with Crippen molar-refractivity contribution < 1.29 is 19.5 Å². The fraction of sp³-hybridized carbons (Fsp3) is 0.0769. The SMILES string of the molecule is Nc1nc(C(C=O)=NOCc2ccccc2C(=O)O)cs1. The summed E-state index contributed by atoms with van der Waals surface area (Å²) in [7, 11) is 0. The Hall–Kier alpha value is -2.74. The number of hydrogen-bond acceptors (Lipinski definition) is 7. The molecule has 7 nitrogen and oxygen atoms in total. The van der Waals surface area contributed by atoms with Crippen LogP contribution in [-0.2, 0) is 16.2 Å². The molecule has 1 aromatic heterocycles. The van der Waals surface area contributed by atoms with Gasteiger partial charge in [-0.15, -0.1) is 11.3 Å². The summed E-state index contributed by atoms with van der Waals surface area (Å²) in [6, 6.07) is 6.38. The molecule has 8 heteroatoms. The van der Waals surface area contributed by atoms with E-state index in [9.17, 15) is 9.59 Å². The molecule has 1 heterocycles. The minimum absolute atomic E-state index is 0.00393. The van der Waals surface area contributed by atoms with E-state index in [1.165, 1.54) is 17.4 Å². The topological polar surface area (TPSA) is 115 Å². The highest BCUT2D eigenvalue weighted by Crippen LogP contribution is 2.13. The molecule has 1 aromatic carbocycles. The van der Waals surface area contributed by atoms with Crippen LogP contribution in [0.15, 0.2) is 34.8 Å². The number of oxime groups is 1. The van der Waals surface area contributed by atoms with E-state index in [4.69, 9.17) is 15.7 Å². The van der Waals surface area contributed by atoms with E-state index >= 15 is 0 Å². The third kappa shape index (κ3) is 3.63. The molecule has 0 aliphatic carbocycles. The number of nitrogen functional groups attached to an aromatic ring is 1. The molecule has 0 aliphatic heterocycles. The van der Waals surface area contributed by atoms with Crippen molar-refractivity contribution in [3.63, 3.8) is 0 Å². The van der Waals surface area contributed by atoms with Crippen LogP contribution in [-0.4, -0.2) is 28.1 Å². The lowest BCUT2D eigenvalue weighted by molar-refractivity contribution is -0.102. The molecule has 0 atom stereocenters. The number of carboxylic acid groups (broad SMARTS) is 1. The number of carboxylic acids is 1. The predicted molar refractivity (Wildman–Crippen MR) is 77.3 cm³/mol. The molecule has 0 radical (unpaired) electrons. The number of nitrogens with two attached hydrogens (primary N) is 1. The highest BCUT2D eigenvalue weighted by Gasteiger charge is 2.10. The van der Waals surface area contributed by atoms with Gasteiger partial charge in [-0.05, 0) is 6.07 Å². The second kappa shape index (κ2) is 6.62. The number of benzene rings is 1. The molecule has 3 N–H and O–H groups in total. The first-order valence-electron chi connectivity index (χ1n) is 5.79. The molecule has 0 spiro atoms. The second-order valence-corrected chi connectivity index (χ2v) is 4.79. The average Bonchev–Trinajstić information content (AvgIpc) is 2.90. The highest BCUT2D eigenvalue weighted by atomic mass is 32.1. The predicted octanol–water partition coefficient (Wildman–Crippen LogP) is 1.54. The van der Waals surface area contributed by atoms with Gasteiger partial charge in [-0.2, -0.15) is 0 Å². The van der Waals surface area contributed by atoms with E-state index in [-0.39, 0.29) is 17.9 Å². The molecule has 0 fully saturated rings. The number of thiazole rings is 1. The lowest BCUT2D eigenvalue weighted by Crippen LogP contribution is -2.06. The largest absolute Gasteiger partial charge is 0.478 e. The van der Waals surface area contributed by atoms with Gasteiger partial charge in [-0.3, -0.25) is 4.79 Å². The van der Waals surface area contributed by atoms with Crippen LogP contribution in [0.5, 0.6) is 0 Å². The minimum atomic E-state index is -1.05. The molecule has 0 unspecified atom stereocenters. The Morgan fingerprint density at radius 3 is 2.86 bits per heavy atom. The van der Waals surface area contributed by atoms with Crippen LogP contribution in [0.25, 0.3) is 0 Å². The van der Waals surface area contributed by atoms with Crippen molar-refractivity contribution in [3.8, 4) is 0 Å². The van der Waals surface area contributed by atoms with Gasteiger partial charge >= 0.3 is 5.97 Å². The maximum absolute atomic E-state index is 11.0. The monoisotopic (exact) mass is 305 g/mol. The van der Waals surface area contributed by atoms with Gasteiger partial charge in [0.05, 0.1) is 5.56 Å². The lowest BCUT2D eigenvalue weighted by atomic mass is 10.1. The van der Waals surface area contributed by atoms with Crippen molar-refractivity contribution >= 4 is 34.4 Å². The smallest absolute Gasteiger partial charge is 0.336 e. The lowest BCUT2D eigenvalue weighted by Gasteiger charge is -2.04. The first kappa shape index (κ1) is 14.7. The van der Waals surface area contributed by atoms with E-state index in [0.717, 1.165) is 0 Å². The summed E-state index contributed by atoms with van der Waals surface area (Å²) >= 11 is 1.18. The van der Waals surface area contributed by atoms with Crippen LogP contribution >= 0.6 is 11.3 Å². The fourth-order valence-corrected chi connectivity index (χ4v) is 2.12. The third-order valence-corrected chi connectivity index (χ3v) is 3.20. The summed E-state index contributed by atoms with van der Waals surface area (Å²) in [5.74, 6) is -1.05. The minimum Gasteiger partial charge on any atom is -0.478 e. The first-order chi connectivity index (χ1) is 10.1. The molecule has 21 heavy (non-hydrogen) atoms. The maximum Gasteiger partial charge on any atom is 0.336 e. The number of rotatable bonds is 6. The third-order valence-electron chi connectivity index (χ3n) is 2.53. The first-order valence-corrected chi connectivity index (χ1v) is 6.67. The average molecular weight is 305 g/mol. The van der Waals surface area contributed by atoms with Gasteiger partial charge in [0, 0.05) is 10.9 Å². The number of aromatic carboxylic acids is 1. The zero-order valence-corrected chi connectivity index (χ0v) is 11.5. The van der Waals surface area contributed by atoms with Crippen molar-refractivity contribution in [2.45, 2.75) is 6.61 Å².